The maximum atomic E-state index is 11.6. The fourth-order valence-electron chi connectivity index (χ4n) is 1.63. The highest BCUT2D eigenvalue weighted by Gasteiger charge is 2.34. The Bertz CT molecular complexity index is 208. The van der Waals surface area contributed by atoms with Crippen LogP contribution in [0.3, 0.4) is 0 Å². The van der Waals surface area contributed by atoms with Crippen LogP contribution in [0.25, 0.3) is 0 Å². The summed E-state index contributed by atoms with van der Waals surface area (Å²) in [6.07, 6.45) is 1.23. The lowest BCUT2D eigenvalue weighted by Gasteiger charge is -2.20. The van der Waals surface area contributed by atoms with Crippen LogP contribution in [0.4, 0.5) is 0 Å². The van der Waals surface area contributed by atoms with Gasteiger partial charge in [-0.15, -0.1) is 0 Å². The Balaban J connectivity index is 2.28. The third kappa shape index (κ3) is 2.96. The molecule has 82 valence electrons. The van der Waals surface area contributed by atoms with Gasteiger partial charge in [-0.2, -0.15) is 0 Å². The molecular weight excluding hydrogens is 180 g/mol. The predicted molar refractivity (Wildman–Crippen MR) is 54.8 cm³/mol. The number of amides is 1. The van der Waals surface area contributed by atoms with Gasteiger partial charge in [0.15, 0.2) is 0 Å². The molecule has 1 amide bonds. The Kier molecular flexibility index (Phi) is 3.89. The molecule has 14 heavy (non-hydrogen) atoms. The van der Waals surface area contributed by atoms with E-state index in [1.165, 1.54) is 6.42 Å². The summed E-state index contributed by atoms with van der Waals surface area (Å²) in [5.74, 6) is 1.42. The third-order valence-electron chi connectivity index (χ3n) is 2.82. The molecule has 2 N–H and O–H groups in total. The average Bonchev–Trinajstić information content (AvgIpc) is 2.80. The van der Waals surface area contributed by atoms with E-state index in [9.17, 15) is 4.79 Å². The number of methoxy groups -OCH3 is 1. The summed E-state index contributed by atoms with van der Waals surface area (Å²) in [6, 6.07) is -0.515. The van der Waals surface area contributed by atoms with Gasteiger partial charge < -0.3 is 15.4 Å². The maximum absolute atomic E-state index is 11.6. The molecule has 1 fully saturated rings. The first-order valence-corrected chi connectivity index (χ1v) is 5.05. The summed E-state index contributed by atoms with van der Waals surface area (Å²) in [5.41, 5.74) is 5.64. The lowest BCUT2D eigenvalue weighted by molar-refractivity contribution is -0.132. The van der Waals surface area contributed by atoms with Crippen LogP contribution in [-0.4, -0.2) is 44.2 Å². The molecule has 0 aromatic carbocycles. The molecule has 4 heteroatoms. The largest absolute Gasteiger partial charge is 0.383 e. The molecule has 3 unspecified atom stereocenters. The molecule has 1 saturated carbocycles. The standard InChI is InChI=1S/C10H20N2O2/c1-7-4-8(7)5-12(2)10(13)9(11)6-14-3/h7-9H,4-6,11H2,1-3H3. The Hall–Kier alpha value is -0.610. The van der Waals surface area contributed by atoms with Crippen molar-refractivity contribution in [1.29, 1.82) is 0 Å². The Morgan fingerprint density at radius 1 is 1.71 bits per heavy atom. The fraction of sp³-hybridized carbons (Fsp3) is 0.900. The van der Waals surface area contributed by atoms with Crippen molar-refractivity contribution in [3.05, 3.63) is 0 Å². The summed E-state index contributed by atoms with van der Waals surface area (Å²) < 4.78 is 4.84. The summed E-state index contributed by atoms with van der Waals surface area (Å²) >= 11 is 0. The molecule has 4 nitrogen and oxygen atoms in total. The average molecular weight is 200 g/mol. The maximum Gasteiger partial charge on any atom is 0.241 e. The number of ether oxygens (including phenoxy) is 1. The van der Waals surface area contributed by atoms with E-state index in [1.807, 2.05) is 7.05 Å². The normalized spacial score (nSPS) is 27.1. The second-order valence-electron chi connectivity index (χ2n) is 4.25. The van der Waals surface area contributed by atoms with E-state index >= 15 is 0 Å². The van der Waals surface area contributed by atoms with E-state index < -0.39 is 6.04 Å². The molecule has 1 aliphatic rings. The van der Waals surface area contributed by atoms with Crippen molar-refractivity contribution in [3.8, 4) is 0 Å². The van der Waals surface area contributed by atoms with Crippen molar-refractivity contribution >= 4 is 5.91 Å². The van der Waals surface area contributed by atoms with Crippen molar-refractivity contribution in [1.82, 2.24) is 4.90 Å². The van der Waals surface area contributed by atoms with Gasteiger partial charge in [0, 0.05) is 20.7 Å². The number of nitrogens with two attached hydrogens (primary N) is 1. The van der Waals surface area contributed by atoms with Crippen molar-refractivity contribution in [2.75, 3.05) is 27.3 Å². The topological polar surface area (TPSA) is 55.6 Å². The first kappa shape index (κ1) is 11.5. The van der Waals surface area contributed by atoms with Gasteiger partial charge in [0.1, 0.15) is 6.04 Å². The van der Waals surface area contributed by atoms with Gasteiger partial charge in [-0.1, -0.05) is 6.92 Å². The molecule has 3 atom stereocenters. The van der Waals surface area contributed by atoms with Gasteiger partial charge in [-0.3, -0.25) is 4.79 Å². The summed E-state index contributed by atoms with van der Waals surface area (Å²) in [6.45, 7) is 3.33. The van der Waals surface area contributed by atoms with E-state index in [1.54, 1.807) is 12.0 Å². The molecule has 0 aromatic heterocycles. The zero-order chi connectivity index (χ0) is 10.7. The smallest absolute Gasteiger partial charge is 0.241 e. The number of rotatable bonds is 5. The van der Waals surface area contributed by atoms with Gasteiger partial charge in [-0.05, 0) is 18.3 Å². The molecule has 0 saturated heterocycles. The van der Waals surface area contributed by atoms with Crippen LogP contribution in [-0.2, 0) is 9.53 Å². The monoisotopic (exact) mass is 200 g/mol. The lowest BCUT2D eigenvalue weighted by atomic mass is 10.2. The van der Waals surface area contributed by atoms with Crippen LogP contribution in [0.2, 0.25) is 0 Å². The fourth-order valence-corrected chi connectivity index (χ4v) is 1.63. The first-order chi connectivity index (χ1) is 6.56. The molecule has 0 radical (unpaired) electrons. The summed E-state index contributed by atoms with van der Waals surface area (Å²) in [5, 5.41) is 0. The molecule has 0 heterocycles. The lowest BCUT2D eigenvalue weighted by Crippen LogP contribution is -2.45. The second kappa shape index (κ2) is 4.75. The quantitative estimate of drug-likeness (QED) is 0.683. The van der Waals surface area contributed by atoms with Gasteiger partial charge >= 0.3 is 0 Å². The van der Waals surface area contributed by atoms with Crippen molar-refractivity contribution in [2.24, 2.45) is 17.6 Å². The highest BCUT2D eigenvalue weighted by molar-refractivity contribution is 5.81. The second-order valence-corrected chi connectivity index (χ2v) is 4.25. The minimum atomic E-state index is -0.515. The zero-order valence-corrected chi connectivity index (χ0v) is 9.19. The molecule has 0 aliphatic heterocycles. The van der Waals surface area contributed by atoms with Gasteiger partial charge in [-0.25, -0.2) is 0 Å². The molecule has 0 spiro atoms. The Morgan fingerprint density at radius 3 is 2.71 bits per heavy atom. The van der Waals surface area contributed by atoms with E-state index in [0.717, 1.165) is 12.5 Å². The van der Waals surface area contributed by atoms with E-state index in [2.05, 4.69) is 6.92 Å². The SMILES string of the molecule is COCC(N)C(=O)N(C)CC1CC1C. The van der Waals surface area contributed by atoms with Crippen molar-refractivity contribution in [2.45, 2.75) is 19.4 Å². The van der Waals surface area contributed by atoms with E-state index in [4.69, 9.17) is 10.5 Å². The molecular formula is C10H20N2O2. The van der Waals surface area contributed by atoms with Crippen LogP contribution in [0.1, 0.15) is 13.3 Å². The van der Waals surface area contributed by atoms with Crippen LogP contribution in [0, 0.1) is 11.8 Å². The number of nitrogens with zero attached hydrogens (tertiary/aromatic N) is 1. The van der Waals surface area contributed by atoms with E-state index in [0.29, 0.717) is 12.5 Å². The highest BCUT2D eigenvalue weighted by atomic mass is 16.5. The minimum Gasteiger partial charge on any atom is -0.383 e. The van der Waals surface area contributed by atoms with Crippen LogP contribution in [0.15, 0.2) is 0 Å². The highest BCUT2D eigenvalue weighted by Crippen LogP contribution is 2.37. The number of carbonyl (C=O) groups is 1. The van der Waals surface area contributed by atoms with Crippen LogP contribution >= 0.6 is 0 Å². The van der Waals surface area contributed by atoms with Crippen molar-refractivity contribution < 1.29 is 9.53 Å². The molecule has 1 aliphatic carbocycles. The Labute approximate surface area is 85.4 Å². The van der Waals surface area contributed by atoms with Gasteiger partial charge in [0.2, 0.25) is 5.91 Å². The Morgan fingerprint density at radius 2 is 2.29 bits per heavy atom. The number of hydrogen-bond donors (Lipinski definition) is 1. The molecule has 1 rings (SSSR count). The molecule has 0 aromatic rings. The first-order valence-electron chi connectivity index (χ1n) is 5.05. The summed E-state index contributed by atoms with van der Waals surface area (Å²) in [7, 11) is 3.36. The van der Waals surface area contributed by atoms with Gasteiger partial charge in [0.05, 0.1) is 6.61 Å². The zero-order valence-electron chi connectivity index (χ0n) is 9.19. The van der Waals surface area contributed by atoms with Crippen LogP contribution in [0.5, 0.6) is 0 Å². The van der Waals surface area contributed by atoms with Crippen LogP contribution < -0.4 is 5.73 Å². The van der Waals surface area contributed by atoms with Gasteiger partial charge in [0.25, 0.3) is 0 Å². The number of likely N-dealkylation sites (N-methyl/N-ethyl adjacent to an activating group) is 1. The number of hydrogen-bond acceptors (Lipinski definition) is 3. The molecule has 0 bridgehead atoms. The van der Waals surface area contributed by atoms with E-state index in [-0.39, 0.29) is 5.91 Å². The minimum absolute atomic E-state index is 0.0223. The summed E-state index contributed by atoms with van der Waals surface area (Å²) in [4.78, 5) is 13.3. The third-order valence-corrected chi connectivity index (χ3v) is 2.82. The van der Waals surface area contributed by atoms with Crippen molar-refractivity contribution in [3.63, 3.8) is 0 Å². The predicted octanol–water partition coefficient (Wildman–Crippen LogP) is 0.0745. The number of carbonyl (C=O) groups excluding carboxylic acids is 1.